The standard InChI is InChI=1S/C14H16F3NOS/c15-14(16,17)11-3-5-12(6-4-11)18-13(19)8-10-2-1-7-20-9-10/h3-6,10H,1-2,7-9H2,(H,18,19). The number of rotatable bonds is 3. The summed E-state index contributed by atoms with van der Waals surface area (Å²) in [4.78, 5) is 11.8. The fourth-order valence-electron chi connectivity index (χ4n) is 2.19. The number of carbonyl (C=O) groups excluding carboxylic acids is 1. The van der Waals surface area contributed by atoms with Gasteiger partial charge in [0.15, 0.2) is 0 Å². The molecule has 0 bridgehead atoms. The second kappa shape index (κ2) is 6.52. The van der Waals surface area contributed by atoms with Gasteiger partial charge in [0.25, 0.3) is 0 Å². The third-order valence-corrected chi connectivity index (χ3v) is 4.51. The van der Waals surface area contributed by atoms with Crippen LogP contribution in [0.4, 0.5) is 18.9 Å². The van der Waals surface area contributed by atoms with E-state index in [1.807, 2.05) is 11.8 Å². The van der Waals surface area contributed by atoms with Crippen molar-refractivity contribution in [3.05, 3.63) is 29.8 Å². The fraction of sp³-hybridized carbons (Fsp3) is 0.500. The quantitative estimate of drug-likeness (QED) is 0.907. The first-order valence-corrected chi connectivity index (χ1v) is 7.65. The molecule has 2 nitrogen and oxygen atoms in total. The van der Waals surface area contributed by atoms with Gasteiger partial charge in [0.2, 0.25) is 5.91 Å². The fourth-order valence-corrected chi connectivity index (χ4v) is 3.34. The van der Waals surface area contributed by atoms with Crippen LogP contribution in [0.3, 0.4) is 0 Å². The van der Waals surface area contributed by atoms with Crippen LogP contribution in [-0.2, 0) is 11.0 Å². The van der Waals surface area contributed by atoms with Crippen LogP contribution in [0.2, 0.25) is 0 Å². The number of amides is 1. The van der Waals surface area contributed by atoms with Gasteiger partial charge in [-0.3, -0.25) is 4.79 Å². The topological polar surface area (TPSA) is 29.1 Å². The van der Waals surface area contributed by atoms with E-state index in [9.17, 15) is 18.0 Å². The summed E-state index contributed by atoms with van der Waals surface area (Å²) in [5, 5.41) is 2.65. The van der Waals surface area contributed by atoms with Crippen molar-refractivity contribution in [2.45, 2.75) is 25.4 Å². The third kappa shape index (κ3) is 4.44. The van der Waals surface area contributed by atoms with Crippen molar-refractivity contribution >= 4 is 23.4 Å². The summed E-state index contributed by atoms with van der Waals surface area (Å²) in [5.74, 6) is 2.39. The van der Waals surface area contributed by atoms with Gasteiger partial charge in [0.1, 0.15) is 0 Å². The maximum absolute atomic E-state index is 12.4. The van der Waals surface area contributed by atoms with Crippen molar-refractivity contribution in [3.8, 4) is 0 Å². The largest absolute Gasteiger partial charge is 0.416 e. The van der Waals surface area contributed by atoms with E-state index in [-0.39, 0.29) is 5.91 Å². The molecular formula is C14H16F3NOS. The monoisotopic (exact) mass is 303 g/mol. The van der Waals surface area contributed by atoms with Gasteiger partial charge in [-0.15, -0.1) is 0 Å². The van der Waals surface area contributed by atoms with E-state index in [1.54, 1.807) is 0 Å². The second-order valence-corrected chi connectivity index (χ2v) is 6.06. The lowest BCUT2D eigenvalue weighted by Gasteiger charge is -2.20. The van der Waals surface area contributed by atoms with E-state index in [4.69, 9.17) is 0 Å². The summed E-state index contributed by atoms with van der Waals surface area (Å²) in [7, 11) is 0. The van der Waals surface area contributed by atoms with Gasteiger partial charge >= 0.3 is 6.18 Å². The Morgan fingerprint density at radius 1 is 1.30 bits per heavy atom. The first kappa shape index (κ1) is 15.2. The number of halogens is 3. The zero-order valence-corrected chi connectivity index (χ0v) is 11.7. The molecule has 1 fully saturated rings. The summed E-state index contributed by atoms with van der Waals surface area (Å²) in [6.45, 7) is 0. The summed E-state index contributed by atoms with van der Waals surface area (Å²) >= 11 is 1.85. The number of benzene rings is 1. The van der Waals surface area contributed by atoms with Gasteiger partial charge in [-0.25, -0.2) is 0 Å². The maximum atomic E-state index is 12.4. The van der Waals surface area contributed by atoms with Crippen LogP contribution in [0.25, 0.3) is 0 Å². The molecule has 1 aliphatic rings. The van der Waals surface area contributed by atoms with Crippen LogP contribution in [-0.4, -0.2) is 17.4 Å². The third-order valence-electron chi connectivity index (χ3n) is 3.22. The number of nitrogens with one attached hydrogen (secondary N) is 1. The zero-order valence-electron chi connectivity index (χ0n) is 10.9. The molecule has 1 aliphatic heterocycles. The highest BCUT2D eigenvalue weighted by molar-refractivity contribution is 7.99. The molecule has 20 heavy (non-hydrogen) atoms. The minimum absolute atomic E-state index is 0.128. The van der Waals surface area contributed by atoms with Crippen LogP contribution in [0.1, 0.15) is 24.8 Å². The van der Waals surface area contributed by atoms with Gasteiger partial charge < -0.3 is 5.32 Å². The molecule has 1 saturated heterocycles. The number of anilines is 1. The average Bonchev–Trinajstić information content (AvgIpc) is 2.39. The van der Waals surface area contributed by atoms with Crippen molar-refractivity contribution in [1.29, 1.82) is 0 Å². The van der Waals surface area contributed by atoms with Gasteiger partial charge in [-0.1, -0.05) is 0 Å². The highest BCUT2D eigenvalue weighted by atomic mass is 32.2. The lowest BCUT2D eigenvalue weighted by molar-refractivity contribution is -0.137. The minimum Gasteiger partial charge on any atom is -0.326 e. The molecule has 1 aromatic rings. The molecule has 0 aromatic heterocycles. The molecule has 1 atom stereocenters. The molecule has 0 spiro atoms. The molecule has 1 heterocycles. The molecule has 6 heteroatoms. The predicted octanol–water partition coefficient (Wildman–Crippen LogP) is 4.18. The van der Waals surface area contributed by atoms with Crippen molar-refractivity contribution in [1.82, 2.24) is 0 Å². The second-order valence-electron chi connectivity index (χ2n) is 4.91. The molecule has 1 N–H and O–H groups in total. The SMILES string of the molecule is O=C(CC1CCCSC1)Nc1ccc(C(F)(F)F)cc1. The minimum atomic E-state index is -4.35. The smallest absolute Gasteiger partial charge is 0.326 e. The van der Waals surface area contributed by atoms with Gasteiger partial charge in [0.05, 0.1) is 5.56 Å². The van der Waals surface area contributed by atoms with E-state index in [0.29, 0.717) is 18.0 Å². The van der Waals surface area contributed by atoms with Crippen LogP contribution in [0.15, 0.2) is 24.3 Å². The normalized spacial score (nSPS) is 19.6. The Bertz CT molecular complexity index is 452. The lowest BCUT2D eigenvalue weighted by Crippen LogP contribution is -2.20. The Kier molecular flexibility index (Phi) is 4.96. The van der Waals surface area contributed by atoms with Crippen LogP contribution in [0, 0.1) is 5.92 Å². The van der Waals surface area contributed by atoms with Crippen molar-refractivity contribution in [2.75, 3.05) is 16.8 Å². The van der Waals surface area contributed by atoms with Crippen LogP contribution in [0.5, 0.6) is 0 Å². The Labute approximate surface area is 120 Å². The van der Waals surface area contributed by atoms with Crippen molar-refractivity contribution in [2.24, 2.45) is 5.92 Å². The summed E-state index contributed by atoms with van der Waals surface area (Å²) in [6.07, 6.45) is -1.73. The Morgan fingerprint density at radius 2 is 2.00 bits per heavy atom. The van der Waals surface area contributed by atoms with Crippen LogP contribution >= 0.6 is 11.8 Å². The summed E-state index contributed by atoms with van der Waals surface area (Å²) < 4.78 is 37.2. The molecular weight excluding hydrogens is 287 g/mol. The number of hydrogen-bond donors (Lipinski definition) is 1. The lowest BCUT2D eigenvalue weighted by atomic mass is 10.0. The first-order valence-electron chi connectivity index (χ1n) is 6.50. The Hall–Kier alpha value is -1.17. The van der Waals surface area contributed by atoms with E-state index in [2.05, 4.69) is 5.32 Å². The zero-order chi connectivity index (χ0) is 14.6. The summed E-state index contributed by atoms with van der Waals surface area (Å²) in [6, 6.07) is 4.53. The van der Waals surface area contributed by atoms with E-state index in [1.165, 1.54) is 12.1 Å². The molecule has 110 valence electrons. The molecule has 1 aromatic carbocycles. The molecule has 2 rings (SSSR count). The van der Waals surface area contributed by atoms with Gasteiger partial charge in [-0.2, -0.15) is 24.9 Å². The Morgan fingerprint density at radius 3 is 2.55 bits per heavy atom. The first-order chi connectivity index (χ1) is 9.45. The molecule has 1 amide bonds. The Balaban J connectivity index is 1.87. The maximum Gasteiger partial charge on any atom is 0.416 e. The molecule has 1 unspecified atom stereocenters. The molecule has 0 aliphatic carbocycles. The highest BCUT2D eigenvalue weighted by Gasteiger charge is 2.30. The van der Waals surface area contributed by atoms with Crippen molar-refractivity contribution < 1.29 is 18.0 Å². The number of hydrogen-bond acceptors (Lipinski definition) is 2. The predicted molar refractivity (Wildman–Crippen MR) is 74.7 cm³/mol. The van der Waals surface area contributed by atoms with Gasteiger partial charge in [0, 0.05) is 12.1 Å². The highest BCUT2D eigenvalue weighted by Crippen LogP contribution is 2.30. The van der Waals surface area contributed by atoms with E-state index < -0.39 is 11.7 Å². The van der Waals surface area contributed by atoms with Crippen molar-refractivity contribution in [3.63, 3.8) is 0 Å². The number of carbonyl (C=O) groups is 1. The van der Waals surface area contributed by atoms with E-state index >= 15 is 0 Å². The van der Waals surface area contributed by atoms with E-state index in [0.717, 1.165) is 36.5 Å². The molecule has 0 radical (unpaired) electrons. The number of alkyl halides is 3. The van der Waals surface area contributed by atoms with Crippen LogP contribution < -0.4 is 5.32 Å². The molecule has 0 saturated carbocycles. The number of thioether (sulfide) groups is 1. The van der Waals surface area contributed by atoms with Gasteiger partial charge in [-0.05, 0) is 54.5 Å². The summed E-state index contributed by atoms with van der Waals surface area (Å²) in [5.41, 5.74) is -0.300. The average molecular weight is 303 g/mol.